The van der Waals surface area contributed by atoms with Crippen LogP contribution in [0.2, 0.25) is 0 Å². The van der Waals surface area contributed by atoms with Gasteiger partial charge < -0.3 is 0 Å². The van der Waals surface area contributed by atoms with E-state index in [-0.39, 0.29) is 18.5 Å². The van der Waals surface area contributed by atoms with Gasteiger partial charge in [-0.2, -0.15) is 0 Å². The third kappa shape index (κ3) is 1.89. The fourth-order valence-electron chi connectivity index (χ4n) is 3.15. The van der Waals surface area contributed by atoms with E-state index in [1.165, 1.54) is 9.80 Å². The lowest BCUT2D eigenvalue weighted by atomic mass is 10.1. The molecule has 0 N–H and O–H groups in total. The number of aromatic nitrogens is 2. The molecule has 0 aliphatic carbocycles. The van der Waals surface area contributed by atoms with Crippen LogP contribution in [0.25, 0.3) is 0 Å². The fourth-order valence-corrected chi connectivity index (χ4v) is 3.15. The molecular weight excluding hydrogens is 294 g/mol. The second kappa shape index (κ2) is 5.19. The largest absolute Gasteiger partial charge is 0.402 e. The zero-order valence-electron chi connectivity index (χ0n) is 13.6. The van der Waals surface area contributed by atoms with Crippen molar-refractivity contribution in [3.63, 3.8) is 0 Å². The number of imidazole rings is 1. The number of fused-ring (bicyclic) bond motifs is 3. The Morgan fingerprint density at radius 2 is 1.96 bits per heavy atom. The minimum absolute atomic E-state index is 0.188. The molecule has 1 unspecified atom stereocenters. The molecule has 7 heteroatoms. The molecule has 120 valence electrons. The molecular formula is C16H20N5O2+. The van der Waals surface area contributed by atoms with Crippen LogP contribution in [0.15, 0.2) is 30.3 Å². The average molecular weight is 314 g/mol. The normalized spacial score (nSPS) is 19.6. The summed E-state index contributed by atoms with van der Waals surface area (Å²) in [6.07, 6.45) is 3.34. The maximum absolute atomic E-state index is 12.8. The van der Waals surface area contributed by atoms with E-state index in [0.717, 1.165) is 11.4 Å². The zero-order chi connectivity index (χ0) is 16.9. The van der Waals surface area contributed by atoms with Crippen LogP contribution in [0, 0.1) is 13.8 Å². The van der Waals surface area contributed by atoms with Gasteiger partial charge in [0.05, 0.1) is 6.54 Å². The first-order valence-corrected chi connectivity index (χ1v) is 7.44. The van der Waals surface area contributed by atoms with Crippen LogP contribution in [-0.4, -0.2) is 45.7 Å². The molecule has 7 nitrogen and oxygen atoms in total. The molecule has 3 amide bonds. The van der Waals surface area contributed by atoms with E-state index in [2.05, 4.69) is 18.2 Å². The molecule has 23 heavy (non-hydrogen) atoms. The molecule has 2 aliphatic heterocycles. The Balaban J connectivity index is 2.18. The Kier molecular flexibility index (Phi) is 3.43. The van der Waals surface area contributed by atoms with Crippen LogP contribution in [0.5, 0.6) is 0 Å². The number of urea groups is 1. The zero-order valence-corrected chi connectivity index (χ0v) is 13.6. The highest BCUT2D eigenvalue weighted by Crippen LogP contribution is 2.34. The molecule has 0 saturated carbocycles. The highest BCUT2D eigenvalue weighted by Gasteiger charge is 2.53. The number of carbonyl (C=O) groups is 2. The first kappa shape index (κ1) is 15.2. The van der Waals surface area contributed by atoms with Gasteiger partial charge >= 0.3 is 12.0 Å². The second-order valence-corrected chi connectivity index (χ2v) is 5.69. The number of likely N-dealkylation sites (N-methyl/N-ethyl adjacent to an activating group) is 1. The molecule has 0 bridgehead atoms. The van der Waals surface area contributed by atoms with Gasteiger partial charge in [0, 0.05) is 13.6 Å². The summed E-state index contributed by atoms with van der Waals surface area (Å²) >= 11 is 0. The average Bonchev–Trinajstić information content (AvgIpc) is 3.02. The lowest BCUT2D eigenvalue weighted by Gasteiger charge is -2.32. The molecule has 2 aliphatic rings. The molecule has 3 heterocycles. The van der Waals surface area contributed by atoms with E-state index < -0.39 is 6.04 Å². The Morgan fingerprint density at radius 3 is 2.57 bits per heavy atom. The molecule has 1 atom stereocenters. The summed E-state index contributed by atoms with van der Waals surface area (Å²) in [5.41, 5.74) is 1.99. The van der Waals surface area contributed by atoms with Gasteiger partial charge in [0.1, 0.15) is 11.4 Å². The van der Waals surface area contributed by atoms with Crippen LogP contribution in [0.4, 0.5) is 10.7 Å². The number of hydrogen-bond donors (Lipinski definition) is 0. The Morgan fingerprint density at radius 1 is 1.26 bits per heavy atom. The van der Waals surface area contributed by atoms with E-state index in [9.17, 15) is 9.59 Å². The molecule has 0 aromatic carbocycles. The molecule has 0 spiro atoms. The number of imide groups is 1. The Hall–Kier alpha value is -2.70. The van der Waals surface area contributed by atoms with E-state index in [4.69, 9.17) is 0 Å². The second-order valence-electron chi connectivity index (χ2n) is 5.69. The van der Waals surface area contributed by atoms with Crippen molar-refractivity contribution in [2.24, 2.45) is 4.99 Å². The van der Waals surface area contributed by atoms with Crippen molar-refractivity contribution in [3.8, 4) is 0 Å². The summed E-state index contributed by atoms with van der Waals surface area (Å²) in [4.78, 5) is 32.4. The van der Waals surface area contributed by atoms with Crippen molar-refractivity contribution in [2.45, 2.75) is 26.4 Å². The maximum Gasteiger partial charge on any atom is 0.402 e. The number of amidine groups is 1. The van der Waals surface area contributed by atoms with Gasteiger partial charge in [-0.3, -0.25) is 14.6 Å². The topological polar surface area (TPSA) is 61.8 Å². The minimum atomic E-state index is -0.600. The highest BCUT2D eigenvalue weighted by atomic mass is 16.2. The van der Waals surface area contributed by atoms with E-state index >= 15 is 0 Å². The molecule has 0 radical (unpaired) electrons. The van der Waals surface area contributed by atoms with Gasteiger partial charge in [-0.15, -0.1) is 6.58 Å². The Labute approximate surface area is 134 Å². The first-order chi connectivity index (χ1) is 10.9. The highest BCUT2D eigenvalue weighted by molar-refractivity contribution is 6.20. The number of nitrogens with zero attached hydrogens (tertiary/aromatic N) is 5. The predicted molar refractivity (Wildman–Crippen MR) is 85.5 cm³/mol. The first-order valence-electron chi connectivity index (χ1n) is 7.44. The monoisotopic (exact) mass is 314 g/mol. The number of aliphatic imine (C=N–C) groups is 1. The van der Waals surface area contributed by atoms with Gasteiger partial charge in [-0.05, 0) is 13.8 Å². The van der Waals surface area contributed by atoms with Gasteiger partial charge in [0.25, 0.3) is 5.91 Å². The van der Waals surface area contributed by atoms with Crippen molar-refractivity contribution in [1.82, 2.24) is 14.4 Å². The summed E-state index contributed by atoms with van der Waals surface area (Å²) in [5, 5.41) is 0. The van der Waals surface area contributed by atoms with Crippen LogP contribution in [0.3, 0.4) is 0 Å². The summed E-state index contributed by atoms with van der Waals surface area (Å²) < 4.78 is 3.90. The summed E-state index contributed by atoms with van der Waals surface area (Å²) in [6.45, 7) is 12.1. The number of carbonyl (C=O) groups excluding carboxylic acids is 2. The number of amides is 3. The van der Waals surface area contributed by atoms with Crippen LogP contribution >= 0.6 is 0 Å². The van der Waals surface area contributed by atoms with Crippen LogP contribution in [0.1, 0.15) is 17.4 Å². The molecule has 1 saturated heterocycles. The van der Waals surface area contributed by atoms with Crippen molar-refractivity contribution in [3.05, 3.63) is 36.7 Å². The smallest absolute Gasteiger partial charge is 0.270 e. The lowest BCUT2D eigenvalue weighted by molar-refractivity contribution is -0.679. The van der Waals surface area contributed by atoms with Crippen LogP contribution in [-0.2, 0) is 11.3 Å². The number of rotatable bonds is 4. The number of hydrogen-bond acceptors (Lipinski definition) is 3. The minimum Gasteiger partial charge on any atom is -0.270 e. The lowest BCUT2D eigenvalue weighted by Crippen LogP contribution is -2.57. The molecule has 1 aromatic rings. The predicted octanol–water partition coefficient (Wildman–Crippen LogP) is 1.24. The van der Waals surface area contributed by atoms with Gasteiger partial charge in [0.15, 0.2) is 0 Å². The van der Waals surface area contributed by atoms with Crippen molar-refractivity contribution >= 4 is 23.7 Å². The van der Waals surface area contributed by atoms with E-state index in [0.29, 0.717) is 18.3 Å². The van der Waals surface area contributed by atoms with Crippen molar-refractivity contribution < 1.29 is 14.2 Å². The van der Waals surface area contributed by atoms with E-state index in [1.807, 2.05) is 23.0 Å². The van der Waals surface area contributed by atoms with E-state index in [1.54, 1.807) is 19.2 Å². The van der Waals surface area contributed by atoms with Gasteiger partial charge in [-0.1, -0.05) is 23.7 Å². The van der Waals surface area contributed by atoms with Gasteiger partial charge in [0.2, 0.25) is 11.9 Å². The SMILES string of the molecule is C=CCN1C(=O)C2C(=Nc3n2c(C)c(C)[n+]3CC=C)N(C)C1=O. The quantitative estimate of drug-likeness (QED) is 0.620. The fraction of sp³-hybridized carbons (Fsp3) is 0.375. The van der Waals surface area contributed by atoms with Crippen molar-refractivity contribution in [2.75, 3.05) is 13.6 Å². The standard InChI is InChI=1S/C16H20N5O2/c1-6-8-19-10(3)11(4)21-12-13(17-15(19)21)18(5)16(23)20(9-7-2)14(12)22/h6-7,12H,1-2,8-9H2,3-5H3/q+1. The van der Waals surface area contributed by atoms with Crippen LogP contribution < -0.4 is 4.57 Å². The summed E-state index contributed by atoms with van der Waals surface area (Å²) in [7, 11) is 1.64. The van der Waals surface area contributed by atoms with Crippen molar-refractivity contribution in [1.29, 1.82) is 0 Å². The van der Waals surface area contributed by atoms with Gasteiger partial charge in [-0.25, -0.2) is 13.9 Å². The molecule has 3 rings (SSSR count). The maximum atomic E-state index is 12.8. The third-order valence-electron chi connectivity index (χ3n) is 4.45. The summed E-state index contributed by atoms with van der Waals surface area (Å²) in [6, 6.07) is -0.974. The molecule has 1 fully saturated rings. The third-order valence-corrected chi connectivity index (χ3v) is 4.45. The summed E-state index contributed by atoms with van der Waals surface area (Å²) in [5.74, 6) is 0.874. The number of allylic oxidation sites excluding steroid dienone is 1. The molecule has 1 aromatic heterocycles. The Bertz CT molecular complexity index is 774.